The molecule has 0 aliphatic rings. The Morgan fingerprint density at radius 1 is 1.12 bits per heavy atom. The SMILES string of the molecule is CCOc1ccc(OCCNC(=O)c2cc3c(F)cccc3s2)cc1. The van der Waals surface area contributed by atoms with E-state index in [1.54, 1.807) is 18.2 Å². The van der Waals surface area contributed by atoms with Crippen LogP contribution in [-0.4, -0.2) is 25.7 Å². The van der Waals surface area contributed by atoms with E-state index >= 15 is 0 Å². The van der Waals surface area contributed by atoms with Gasteiger partial charge in [0.05, 0.1) is 18.0 Å². The normalized spacial score (nSPS) is 10.6. The lowest BCUT2D eigenvalue weighted by Gasteiger charge is -2.08. The summed E-state index contributed by atoms with van der Waals surface area (Å²) < 4.78 is 25.4. The number of hydrogen-bond donors (Lipinski definition) is 1. The van der Waals surface area contributed by atoms with Crippen LogP contribution in [0.1, 0.15) is 16.6 Å². The van der Waals surface area contributed by atoms with Gasteiger partial charge in [0, 0.05) is 10.1 Å². The number of ether oxygens (including phenoxy) is 2. The van der Waals surface area contributed by atoms with Gasteiger partial charge >= 0.3 is 0 Å². The number of benzene rings is 2. The first-order valence-electron chi connectivity index (χ1n) is 7.99. The highest BCUT2D eigenvalue weighted by molar-refractivity contribution is 7.20. The van der Waals surface area contributed by atoms with Gasteiger partial charge in [0.15, 0.2) is 0 Å². The molecule has 0 radical (unpaired) electrons. The molecule has 130 valence electrons. The van der Waals surface area contributed by atoms with Crippen LogP contribution >= 0.6 is 11.3 Å². The quantitative estimate of drug-likeness (QED) is 0.642. The zero-order chi connectivity index (χ0) is 17.6. The molecular weight excluding hydrogens is 341 g/mol. The van der Waals surface area contributed by atoms with Crippen LogP contribution in [0.5, 0.6) is 11.5 Å². The fourth-order valence-electron chi connectivity index (χ4n) is 2.36. The second kappa shape index (κ2) is 7.98. The van der Waals surface area contributed by atoms with Crippen molar-refractivity contribution in [1.29, 1.82) is 0 Å². The maximum Gasteiger partial charge on any atom is 0.261 e. The van der Waals surface area contributed by atoms with Crippen molar-refractivity contribution in [2.45, 2.75) is 6.92 Å². The van der Waals surface area contributed by atoms with Gasteiger partial charge in [0.2, 0.25) is 0 Å². The third-order valence-electron chi connectivity index (χ3n) is 3.52. The van der Waals surface area contributed by atoms with Gasteiger partial charge in [-0.2, -0.15) is 0 Å². The van der Waals surface area contributed by atoms with Crippen molar-refractivity contribution in [2.75, 3.05) is 19.8 Å². The van der Waals surface area contributed by atoms with E-state index in [4.69, 9.17) is 9.47 Å². The predicted octanol–water partition coefficient (Wildman–Crippen LogP) is 4.25. The molecule has 0 saturated carbocycles. The fraction of sp³-hybridized carbons (Fsp3) is 0.211. The van der Waals surface area contributed by atoms with Gasteiger partial charge in [0.1, 0.15) is 23.9 Å². The number of carbonyl (C=O) groups excluding carboxylic acids is 1. The Morgan fingerprint density at radius 3 is 2.52 bits per heavy atom. The highest BCUT2D eigenvalue weighted by atomic mass is 32.1. The molecule has 1 heterocycles. The molecule has 0 aliphatic carbocycles. The number of amides is 1. The lowest BCUT2D eigenvalue weighted by atomic mass is 10.2. The van der Waals surface area contributed by atoms with E-state index in [0.29, 0.717) is 35.8 Å². The van der Waals surface area contributed by atoms with Gasteiger partial charge in [0.25, 0.3) is 5.91 Å². The minimum atomic E-state index is -0.313. The van der Waals surface area contributed by atoms with Crippen molar-refractivity contribution in [3.63, 3.8) is 0 Å². The predicted molar refractivity (Wildman–Crippen MR) is 97.2 cm³/mol. The van der Waals surface area contributed by atoms with E-state index in [1.807, 2.05) is 31.2 Å². The minimum absolute atomic E-state index is 0.226. The smallest absolute Gasteiger partial charge is 0.261 e. The minimum Gasteiger partial charge on any atom is -0.494 e. The van der Waals surface area contributed by atoms with Crippen LogP contribution in [0, 0.1) is 5.82 Å². The molecule has 0 saturated heterocycles. The summed E-state index contributed by atoms with van der Waals surface area (Å²) in [6.45, 7) is 3.26. The summed E-state index contributed by atoms with van der Waals surface area (Å²) >= 11 is 1.27. The lowest BCUT2D eigenvalue weighted by Crippen LogP contribution is -2.27. The molecule has 0 bridgehead atoms. The van der Waals surface area contributed by atoms with Crippen LogP contribution in [-0.2, 0) is 0 Å². The molecule has 4 nitrogen and oxygen atoms in total. The van der Waals surface area contributed by atoms with E-state index in [0.717, 1.165) is 10.4 Å². The average molecular weight is 359 g/mol. The van der Waals surface area contributed by atoms with E-state index in [2.05, 4.69) is 5.32 Å². The lowest BCUT2D eigenvalue weighted by molar-refractivity contribution is 0.0951. The van der Waals surface area contributed by atoms with Crippen LogP contribution < -0.4 is 14.8 Å². The summed E-state index contributed by atoms with van der Waals surface area (Å²) in [7, 11) is 0. The Morgan fingerprint density at radius 2 is 1.84 bits per heavy atom. The molecule has 1 amide bonds. The van der Waals surface area contributed by atoms with Crippen molar-refractivity contribution in [3.8, 4) is 11.5 Å². The molecule has 0 aliphatic heterocycles. The molecule has 0 spiro atoms. The number of carbonyl (C=O) groups is 1. The third kappa shape index (κ3) is 4.28. The molecule has 25 heavy (non-hydrogen) atoms. The average Bonchev–Trinajstić information content (AvgIpc) is 3.06. The van der Waals surface area contributed by atoms with Gasteiger partial charge in [-0.3, -0.25) is 4.79 Å². The summed E-state index contributed by atoms with van der Waals surface area (Å²) in [6.07, 6.45) is 0. The number of halogens is 1. The van der Waals surface area contributed by atoms with E-state index in [9.17, 15) is 9.18 Å². The van der Waals surface area contributed by atoms with E-state index < -0.39 is 0 Å². The number of fused-ring (bicyclic) bond motifs is 1. The van der Waals surface area contributed by atoms with Gasteiger partial charge < -0.3 is 14.8 Å². The Labute approximate surface area is 149 Å². The number of hydrogen-bond acceptors (Lipinski definition) is 4. The van der Waals surface area contributed by atoms with Crippen molar-refractivity contribution in [2.24, 2.45) is 0 Å². The second-order valence-electron chi connectivity index (χ2n) is 5.27. The van der Waals surface area contributed by atoms with Crippen LogP contribution in [0.3, 0.4) is 0 Å². The van der Waals surface area contributed by atoms with Gasteiger partial charge in [-0.15, -0.1) is 11.3 Å². The van der Waals surface area contributed by atoms with Gasteiger partial charge in [-0.1, -0.05) is 6.07 Å². The Kier molecular flexibility index (Phi) is 5.50. The Bertz CT molecular complexity index is 861. The molecule has 1 N–H and O–H groups in total. The first-order chi connectivity index (χ1) is 12.2. The fourth-order valence-corrected chi connectivity index (χ4v) is 3.35. The van der Waals surface area contributed by atoms with Crippen LogP contribution in [0.2, 0.25) is 0 Å². The zero-order valence-electron chi connectivity index (χ0n) is 13.8. The zero-order valence-corrected chi connectivity index (χ0v) is 14.6. The van der Waals surface area contributed by atoms with Gasteiger partial charge in [-0.05, 0) is 49.4 Å². The second-order valence-corrected chi connectivity index (χ2v) is 6.35. The summed E-state index contributed by atoms with van der Waals surface area (Å²) in [6, 6.07) is 13.7. The molecule has 6 heteroatoms. The molecule has 0 atom stereocenters. The molecular formula is C19H18FNO3S. The largest absolute Gasteiger partial charge is 0.494 e. The monoisotopic (exact) mass is 359 g/mol. The van der Waals surface area contributed by atoms with Crippen LogP contribution in [0.25, 0.3) is 10.1 Å². The standard InChI is InChI=1S/C19H18FNO3S/c1-2-23-13-6-8-14(9-7-13)24-11-10-21-19(22)18-12-15-16(20)4-3-5-17(15)25-18/h3-9,12H,2,10-11H2,1H3,(H,21,22). The van der Waals surface area contributed by atoms with Crippen LogP contribution in [0.4, 0.5) is 4.39 Å². The summed E-state index contributed by atoms with van der Waals surface area (Å²) in [4.78, 5) is 12.6. The highest BCUT2D eigenvalue weighted by Crippen LogP contribution is 2.27. The Hall–Kier alpha value is -2.60. The van der Waals surface area contributed by atoms with Crippen LogP contribution in [0.15, 0.2) is 48.5 Å². The third-order valence-corrected chi connectivity index (χ3v) is 4.62. The first kappa shape index (κ1) is 17.2. The number of rotatable bonds is 7. The molecule has 0 unspecified atom stereocenters. The molecule has 2 aromatic carbocycles. The molecule has 3 rings (SSSR count). The van der Waals surface area contributed by atoms with Crippen molar-refractivity contribution < 1.29 is 18.7 Å². The summed E-state index contributed by atoms with van der Waals surface area (Å²) in [5.41, 5.74) is 0. The van der Waals surface area contributed by atoms with E-state index in [1.165, 1.54) is 17.4 Å². The topological polar surface area (TPSA) is 47.6 Å². The molecule has 3 aromatic rings. The Balaban J connectivity index is 1.49. The number of nitrogens with one attached hydrogen (secondary N) is 1. The van der Waals surface area contributed by atoms with Crippen molar-refractivity contribution >= 4 is 27.3 Å². The molecule has 0 fully saturated rings. The maximum absolute atomic E-state index is 13.7. The first-order valence-corrected chi connectivity index (χ1v) is 8.81. The van der Waals surface area contributed by atoms with Crippen molar-refractivity contribution in [3.05, 3.63) is 59.2 Å². The van der Waals surface area contributed by atoms with Gasteiger partial charge in [-0.25, -0.2) is 4.39 Å². The highest BCUT2D eigenvalue weighted by Gasteiger charge is 2.12. The maximum atomic E-state index is 13.7. The van der Waals surface area contributed by atoms with Crippen molar-refractivity contribution in [1.82, 2.24) is 5.32 Å². The number of thiophene rings is 1. The van der Waals surface area contributed by atoms with E-state index in [-0.39, 0.29) is 11.7 Å². The summed E-state index contributed by atoms with van der Waals surface area (Å²) in [5.74, 6) is 0.962. The summed E-state index contributed by atoms with van der Waals surface area (Å²) in [5, 5.41) is 3.26. The molecule has 1 aromatic heterocycles.